The number of rotatable bonds is 2. The van der Waals surface area contributed by atoms with E-state index in [-0.39, 0.29) is 17.8 Å². The fourth-order valence-electron chi connectivity index (χ4n) is 1.69. The van der Waals surface area contributed by atoms with Crippen LogP contribution in [0, 0.1) is 12.7 Å². The molecule has 1 aromatic rings. The van der Waals surface area contributed by atoms with E-state index in [0.717, 1.165) is 13.1 Å². The van der Waals surface area contributed by atoms with Crippen LogP contribution in [0.2, 0.25) is 0 Å². The standard InChI is InChI=1S/C12H15FN2O/c1-8-5-9(3-4-11(8)13)12(16)15(2)10-6-14-7-10/h3-5,10,14H,6-7H2,1-2H3. The van der Waals surface area contributed by atoms with Gasteiger partial charge in [-0.25, -0.2) is 4.39 Å². The Morgan fingerprint density at radius 2 is 2.19 bits per heavy atom. The lowest BCUT2D eigenvalue weighted by atomic mass is 10.1. The lowest BCUT2D eigenvalue weighted by molar-refractivity contribution is 0.0681. The van der Waals surface area contributed by atoms with Crippen molar-refractivity contribution in [3.8, 4) is 0 Å². The molecule has 1 aliphatic heterocycles. The highest BCUT2D eigenvalue weighted by molar-refractivity contribution is 5.94. The van der Waals surface area contributed by atoms with Gasteiger partial charge in [-0.1, -0.05) is 0 Å². The summed E-state index contributed by atoms with van der Waals surface area (Å²) in [5.74, 6) is -0.320. The van der Waals surface area contributed by atoms with Gasteiger partial charge in [0.2, 0.25) is 0 Å². The van der Waals surface area contributed by atoms with Crippen LogP contribution in [0.25, 0.3) is 0 Å². The molecular weight excluding hydrogens is 207 g/mol. The first-order valence-electron chi connectivity index (χ1n) is 5.33. The first-order chi connectivity index (χ1) is 7.59. The van der Waals surface area contributed by atoms with E-state index >= 15 is 0 Å². The number of hydrogen-bond acceptors (Lipinski definition) is 2. The fourth-order valence-corrected chi connectivity index (χ4v) is 1.69. The third-order valence-electron chi connectivity index (χ3n) is 3.03. The number of hydrogen-bond donors (Lipinski definition) is 1. The summed E-state index contributed by atoms with van der Waals surface area (Å²) in [7, 11) is 1.78. The fraction of sp³-hybridized carbons (Fsp3) is 0.417. The monoisotopic (exact) mass is 222 g/mol. The molecule has 1 aliphatic rings. The van der Waals surface area contributed by atoms with Crippen molar-refractivity contribution in [1.82, 2.24) is 10.2 Å². The minimum absolute atomic E-state index is 0.0467. The Morgan fingerprint density at radius 1 is 1.50 bits per heavy atom. The Balaban J connectivity index is 2.16. The molecular formula is C12H15FN2O. The van der Waals surface area contributed by atoms with E-state index in [0.29, 0.717) is 11.1 Å². The summed E-state index contributed by atoms with van der Waals surface area (Å²) in [6.07, 6.45) is 0. The SMILES string of the molecule is Cc1cc(C(=O)N(C)C2CNC2)ccc1F. The third kappa shape index (κ3) is 1.93. The number of benzene rings is 1. The molecule has 1 amide bonds. The Morgan fingerprint density at radius 3 is 2.69 bits per heavy atom. The topological polar surface area (TPSA) is 32.3 Å². The van der Waals surface area contributed by atoms with Gasteiger partial charge < -0.3 is 10.2 Å². The highest BCUT2D eigenvalue weighted by Gasteiger charge is 2.26. The van der Waals surface area contributed by atoms with Crippen LogP contribution < -0.4 is 5.32 Å². The van der Waals surface area contributed by atoms with Crippen molar-refractivity contribution in [2.75, 3.05) is 20.1 Å². The molecule has 1 aromatic carbocycles. The van der Waals surface area contributed by atoms with Crippen LogP contribution in [0.5, 0.6) is 0 Å². The van der Waals surface area contributed by atoms with Crippen molar-refractivity contribution in [2.45, 2.75) is 13.0 Å². The zero-order valence-electron chi connectivity index (χ0n) is 9.46. The van der Waals surface area contributed by atoms with E-state index in [1.54, 1.807) is 24.9 Å². The molecule has 2 rings (SSSR count). The molecule has 1 heterocycles. The van der Waals surface area contributed by atoms with Gasteiger partial charge in [-0.15, -0.1) is 0 Å². The first-order valence-corrected chi connectivity index (χ1v) is 5.33. The number of likely N-dealkylation sites (N-methyl/N-ethyl adjacent to an activating group) is 1. The Labute approximate surface area is 94.3 Å². The average molecular weight is 222 g/mol. The molecule has 0 aromatic heterocycles. The Hall–Kier alpha value is -1.42. The maximum Gasteiger partial charge on any atom is 0.253 e. The summed E-state index contributed by atoms with van der Waals surface area (Å²) < 4.78 is 13.1. The van der Waals surface area contributed by atoms with Crippen LogP contribution in [0.4, 0.5) is 4.39 Å². The van der Waals surface area contributed by atoms with Gasteiger partial charge >= 0.3 is 0 Å². The number of carbonyl (C=O) groups excluding carboxylic acids is 1. The molecule has 1 fully saturated rings. The predicted octanol–water partition coefficient (Wildman–Crippen LogP) is 1.18. The zero-order valence-corrected chi connectivity index (χ0v) is 9.46. The molecule has 3 nitrogen and oxygen atoms in total. The Kier molecular flexibility index (Phi) is 2.92. The number of nitrogens with one attached hydrogen (secondary N) is 1. The molecule has 16 heavy (non-hydrogen) atoms. The van der Waals surface area contributed by atoms with Crippen LogP contribution in [-0.2, 0) is 0 Å². The Bertz CT molecular complexity index is 415. The molecule has 0 aliphatic carbocycles. The number of aryl methyl sites for hydroxylation is 1. The van der Waals surface area contributed by atoms with Gasteiger partial charge in [-0.3, -0.25) is 4.79 Å². The van der Waals surface area contributed by atoms with E-state index < -0.39 is 0 Å². The molecule has 0 unspecified atom stereocenters. The molecule has 0 radical (unpaired) electrons. The van der Waals surface area contributed by atoms with Crippen LogP contribution in [0.15, 0.2) is 18.2 Å². The number of nitrogens with zero attached hydrogens (tertiary/aromatic N) is 1. The summed E-state index contributed by atoms with van der Waals surface area (Å²) in [6, 6.07) is 4.74. The quantitative estimate of drug-likeness (QED) is 0.815. The van der Waals surface area contributed by atoms with E-state index in [1.807, 2.05) is 0 Å². The summed E-state index contributed by atoms with van der Waals surface area (Å²) in [6.45, 7) is 3.34. The molecule has 86 valence electrons. The summed E-state index contributed by atoms with van der Waals surface area (Å²) in [5, 5.41) is 3.12. The lowest BCUT2D eigenvalue weighted by Crippen LogP contribution is -2.57. The second-order valence-electron chi connectivity index (χ2n) is 4.19. The molecule has 0 spiro atoms. The molecule has 4 heteroatoms. The van der Waals surface area contributed by atoms with Gasteiger partial charge in [0.25, 0.3) is 5.91 Å². The average Bonchev–Trinajstić information content (AvgIpc) is 2.18. The van der Waals surface area contributed by atoms with E-state index in [9.17, 15) is 9.18 Å². The van der Waals surface area contributed by atoms with Crippen LogP contribution in [0.3, 0.4) is 0 Å². The maximum atomic E-state index is 13.1. The second-order valence-corrected chi connectivity index (χ2v) is 4.19. The van der Waals surface area contributed by atoms with E-state index in [4.69, 9.17) is 0 Å². The van der Waals surface area contributed by atoms with Gasteiger partial charge in [0.05, 0.1) is 6.04 Å². The summed E-state index contributed by atoms with van der Waals surface area (Å²) in [4.78, 5) is 13.7. The molecule has 0 atom stereocenters. The van der Waals surface area contributed by atoms with E-state index in [1.165, 1.54) is 12.1 Å². The highest BCUT2D eigenvalue weighted by atomic mass is 19.1. The normalized spacial score (nSPS) is 15.7. The third-order valence-corrected chi connectivity index (χ3v) is 3.03. The molecule has 0 saturated carbocycles. The minimum atomic E-state index is -0.274. The largest absolute Gasteiger partial charge is 0.336 e. The smallest absolute Gasteiger partial charge is 0.253 e. The predicted molar refractivity (Wildman–Crippen MR) is 59.9 cm³/mol. The van der Waals surface area contributed by atoms with Crippen molar-refractivity contribution < 1.29 is 9.18 Å². The van der Waals surface area contributed by atoms with Crippen LogP contribution >= 0.6 is 0 Å². The van der Waals surface area contributed by atoms with Gasteiger partial charge in [-0.05, 0) is 30.7 Å². The lowest BCUT2D eigenvalue weighted by Gasteiger charge is -2.35. The minimum Gasteiger partial charge on any atom is -0.336 e. The number of carbonyl (C=O) groups is 1. The van der Waals surface area contributed by atoms with E-state index in [2.05, 4.69) is 5.32 Å². The highest BCUT2D eigenvalue weighted by Crippen LogP contribution is 2.13. The van der Waals surface area contributed by atoms with Crippen molar-refractivity contribution >= 4 is 5.91 Å². The van der Waals surface area contributed by atoms with Gasteiger partial charge in [0.1, 0.15) is 5.82 Å². The van der Waals surface area contributed by atoms with Crippen LogP contribution in [0.1, 0.15) is 15.9 Å². The van der Waals surface area contributed by atoms with Crippen molar-refractivity contribution in [3.05, 3.63) is 35.1 Å². The number of amides is 1. The summed E-state index contributed by atoms with van der Waals surface area (Å²) in [5.41, 5.74) is 1.05. The van der Waals surface area contributed by atoms with Gasteiger partial charge in [-0.2, -0.15) is 0 Å². The van der Waals surface area contributed by atoms with Crippen molar-refractivity contribution in [2.24, 2.45) is 0 Å². The van der Waals surface area contributed by atoms with Crippen molar-refractivity contribution in [3.63, 3.8) is 0 Å². The van der Waals surface area contributed by atoms with Crippen LogP contribution in [-0.4, -0.2) is 37.0 Å². The zero-order chi connectivity index (χ0) is 11.7. The first kappa shape index (κ1) is 11.1. The summed E-state index contributed by atoms with van der Waals surface area (Å²) >= 11 is 0. The van der Waals surface area contributed by atoms with Gasteiger partial charge in [0.15, 0.2) is 0 Å². The molecule has 0 bridgehead atoms. The molecule has 1 N–H and O–H groups in total. The maximum absolute atomic E-state index is 13.1. The number of halogens is 1. The molecule has 1 saturated heterocycles. The van der Waals surface area contributed by atoms with Gasteiger partial charge in [0, 0.05) is 25.7 Å². The second kappa shape index (κ2) is 4.22. The van der Waals surface area contributed by atoms with Crippen molar-refractivity contribution in [1.29, 1.82) is 0 Å².